The summed E-state index contributed by atoms with van der Waals surface area (Å²) in [7, 11) is 0. The molecule has 0 amide bonds. The van der Waals surface area contributed by atoms with Crippen molar-refractivity contribution in [3.8, 4) is 0 Å². The first-order chi connectivity index (χ1) is 17.8. The number of nitrogens with one attached hydrogen (secondary N) is 1. The van der Waals surface area contributed by atoms with Crippen LogP contribution in [0.2, 0.25) is 0 Å². The first kappa shape index (κ1) is 35.3. The maximum Gasteiger partial charge on any atom is 0.0530 e. The molecule has 1 heterocycles. The van der Waals surface area contributed by atoms with E-state index in [1.54, 1.807) is 17.8 Å². The molecule has 0 bridgehead atoms. The number of para-hydroxylation sites is 1. The van der Waals surface area contributed by atoms with Crippen molar-refractivity contribution in [3.63, 3.8) is 0 Å². The van der Waals surface area contributed by atoms with Gasteiger partial charge < -0.3 is 5.32 Å². The molecule has 1 aromatic rings. The van der Waals surface area contributed by atoms with E-state index in [9.17, 15) is 0 Å². The van der Waals surface area contributed by atoms with E-state index in [-0.39, 0.29) is 0 Å². The van der Waals surface area contributed by atoms with Crippen molar-refractivity contribution < 1.29 is 0 Å². The Labute approximate surface area is 238 Å². The molecule has 208 valence electrons. The smallest absolute Gasteiger partial charge is 0.0530 e. The van der Waals surface area contributed by atoms with Gasteiger partial charge >= 0.3 is 0 Å². The third-order valence-corrected chi connectivity index (χ3v) is 8.19. The lowest BCUT2D eigenvalue weighted by molar-refractivity contribution is 0.354. The second-order valence-electron chi connectivity index (χ2n) is 9.07. The maximum atomic E-state index is 6.28. The maximum absolute atomic E-state index is 6.28. The van der Waals surface area contributed by atoms with Gasteiger partial charge in [-0.25, -0.2) is 0 Å². The van der Waals surface area contributed by atoms with Gasteiger partial charge in [0.25, 0.3) is 0 Å². The SMILES string of the molecule is C=CC(C)=N/C=C(\C)SC1=C(Cl)C(C)=CCC1.CC.CC.CCCC1(CCC)Nc2ccccc2C1C. The second-order valence-corrected chi connectivity index (χ2v) is 10.8. The normalized spacial score (nSPS) is 18.0. The number of fused-ring (bicyclic) bond motifs is 1. The summed E-state index contributed by atoms with van der Waals surface area (Å²) < 4.78 is 0. The fraction of sp³-hybridized carbons (Fsp3) is 0.545. The largest absolute Gasteiger partial charge is 0.379 e. The summed E-state index contributed by atoms with van der Waals surface area (Å²) in [5.74, 6) is 0.642. The number of halogens is 1. The third kappa shape index (κ3) is 10.9. The molecule has 1 unspecified atom stereocenters. The Hall–Kier alpha value is -1.71. The highest BCUT2D eigenvalue weighted by Crippen LogP contribution is 2.47. The molecule has 0 radical (unpaired) electrons. The third-order valence-electron chi connectivity index (χ3n) is 6.47. The number of nitrogens with zero attached hydrogens (tertiary/aromatic N) is 1. The molecule has 0 aromatic heterocycles. The molecule has 0 fully saturated rings. The highest BCUT2D eigenvalue weighted by molar-refractivity contribution is 8.06. The van der Waals surface area contributed by atoms with Crippen LogP contribution in [0.3, 0.4) is 0 Å². The van der Waals surface area contributed by atoms with Crippen molar-refractivity contribution >= 4 is 34.8 Å². The Morgan fingerprint density at radius 2 is 1.73 bits per heavy atom. The highest BCUT2D eigenvalue weighted by atomic mass is 35.5. The number of aliphatic imine (C=N–C) groups is 1. The van der Waals surface area contributed by atoms with Crippen molar-refractivity contribution in [2.24, 2.45) is 4.99 Å². The Bertz CT molecular complexity index is 933. The predicted octanol–water partition coefficient (Wildman–Crippen LogP) is 12.0. The number of anilines is 1. The van der Waals surface area contributed by atoms with E-state index in [4.69, 9.17) is 11.6 Å². The van der Waals surface area contributed by atoms with E-state index in [0.717, 1.165) is 28.5 Å². The summed E-state index contributed by atoms with van der Waals surface area (Å²) in [5.41, 5.74) is 5.28. The van der Waals surface area contributed by atoms with Crippen LogP contribution in [0.25, 0.3) is 0 Å². The van der Waals surface area contributed by atoms with Crippen LogP contribution in [0.5, 0.6) is 0 Å². The van der Waals surface area contributed by atoms with Crippen molar-refractivity contribution in [2.75, 3.05) is 5.32 Å². The lowest BCUT2D eigenvalue weighted by Crippen LogP contribution is -2.38. The molecule has 0 saturated carbocycles. The minimum Gasteiger partial charge on any atom is -0.379 e. The summed E-state index contributed by atoms with van der Waals surface area (Å²) in [6.07, 6.45) is 13.0. The first-order valence-corrected chi connectivity index (χ1v) is 15.4. The summed E-state index contributed by atoms with van der Waals surface area (Å²) in [5, 5.41) is 4.70. The van der Waals surface area contributed by atoms with Crippen molar-refractivity contribution in [2.45, 2.75) is 119 Å². The quantitative estimate of drug-likeness (QED) is 0.329. The number of hydrogen-bond donors (Lipinski definition) is 1. The first-order valence-electron chi connectivity index (χ1n) is 14.2. The summed E-state index contributed by atoms with van der Waals surface area (Å²) in [6, 6.07) is 8.79. The standard InChI is InChI=1S/C15H23N.C14H18ClNS.2C2H6/c1-4-10-15(11-5-2)12(3)13-8-6-7-9-14(13)16-15;1-5-11(3)16-9-12(4)17-13-8-6-7-10(2)14(13)15;2*1-2/h6-9,12,16H,4-5,10-11H2,1-3H3;5,7,9H,1,6,8H2,2-4H3;2*1-2H3/b;12-9+,16-11?;;. The molecule has 2 aliphatic rings. The second kappa shape index (κ2) is 19.4. The van der Waals surface area contributed by atoms with E-state index in [1.165, 1.54) is 47.4 Å². The fourth-order valence-corrected chi connectivity index (χ4v) is 5.89. The topological polar surface area (TPSA) is 24.4 Å². The molecule has 2 nitrogen and oxygen atoms in total. The van der Waals surface area contributed by atoms with Gasteiger partial charge in [-0.3, -0.25) is 4.99 Å². The van der Waals surface area contributed by atoms with Crippen LogP contribution in [-0.2, 0) is 0 Å². The van der Waals surface area contributed by atoms with Crippen molar-refractivity contribution in [1.82, 2.24) is 0 Å². The number of benzene rings is 1. The number of thioether (sulfide) groups is 1. The van der Waals surface area contributed by atoms with Crippen LogP contribution in [0.15, 0.2) is 74.6 Å². The Morgan fingerprint density at radius 1 is 1.14 bits per heavy atom. The van der Waals surface area contributed by atoms with Crippen LogP contribution in [0.4, 0.5) is 5.69 Å². The molecular weight excluding hydrogens is 492 g/mol. The van der Waals surface area contributed by atoms with Crippen LogP contribution in [0, 0.1) is 0 Å². The Balaban J connectivity index is 0.000000618. The molecule has 1 N–H and O–H groups in total. The zero-order valence-electron chi connectivity index (χ0n) is 25.3. The van der Waals surface area contributed by atoms with Gasteiger partial charge in [0.1, 0.15) is 0 Å². The van der Waals surface area contributed by atoms with Crippen LogP contribution >= 0.6 is 23.4 Å². The molecule has 3 rings (SSSR count). The minimum absolute atomic E-state index is 0.313. The van der Waals surface area contributed by atoms with E-state index < -0.39 is 0 Å². The van der Waals surface area contributed by atoms with Gasteiger partial charge in [0, 0.05) is 38.9 Å². The lowest BCUT2D eigenvalue weighted by atomic mass is 9.78. The van der Waals surface area contributed by atoms with Gasteiger partial charge in [0.05, 0.1) is 5.03 Å². The fourth-order valence-electron chi connectivity index (χ4n) is 4.64. The molecule has 1 aromatic carbocycles. The summed E-state index contributed by atoms with van der Waals surface area (Å²) >= 11 is 7.99. The molecule has 37 heavy (non-hydrogen) atoms. The van der Waals surface area contributed by atoms with E-state index in [0.29, 0.717) is 11.5 Å². The number of hydrogen-bond acceptors (Lipinski definition) is 3. The Morgan fingerprint density at radius 3 is 2.27 bits per heavy atom. The average molecular weight is 545 g/mol. The molecular formula is C33H53ClN2S. The van der Waals surface area contributed by atoms with Crippen LogP contribution in [0.1, 0.15) is 119 Å². The summed E-state index contributed by atoms with van der Waals surface area (Å²) in [4.78, 5) is 6.68. The molecule has 4 heteroatoms. The monoisotopic (exact) mass is 544 g/mol. The van der Waals surface area contributed by atoms with Gasteiger partial charge in [-0.1, -0.05) is 116 Å². The van der Waals surface area contributed by atoms with Gasteiger partial charge in [-0.15, -0.1) is 0 Å². The van der Waals surface area contributed by atoms with Crippen molar-refractivity contribution in [3.05, 3.63) is 75.2 Å². The predicted molar refractivity (Wildman–Crippen MR) is 174 cm³/mol. The van der Waals surface area contributed by atoms with E-state index in [2.05, 4.69) is 81.8 Å². The molecule has 0 saturated heterocycles. The number of allylic oxidation sites excluding steroid dienone is 6. The molecule has 0 spiro atoms. The highest BCUT2D eigenvalue weighted by Gasteiger charge is 2.41. The van der Waals surface area contributed by atoms with Gasteiger partial charge in [-0.05, 0) is 69.7 Å². The zero-order chi connectivity index (χ0) is 28.4. The molecule has 1 atom stereocenters. The van der Waals surface area contributed by atoms with E-state index >= 15 is 0 Å². The molecule has 1 aliphatic carbocycles. The lowest BCUT2D eigenvalue weighted by Gasteiger charge is -2.34. The average Bonchev–Trinajstić information content (AvgIpc) is 3.19. The summed E-state index contributed by atoms with van der Waals surface area (Å²) in [6.45, 7) is 24.7. The van der Waals surface area contributed by atoms with Crippen molar-refractivity contribution in [1.29, 1.82) is 0 Å². The number of rotatable bonds is 8. The van der Waals surface area contributed by atoms with Crippen LogP contribution in [-0.4, -0.2) is 11.3 Å². The van der Waals surface area contributed by atoms with Gasteiger partial charge in [0.2, 0.25) is 0 Å². The van der Waals surface area contributed by atoms with Gasteiger partial charge in [0.15, 0.2) is 0 Å². The minimum atomic E-state index is 0.313. The van der Waals surface area contributed by atoms with Gasteiger partial charge in [-0.2, -0.15) is 0 Å². The molecule has 1 aliphatic heterocycles. The van der Waals surface area contributed by atoms with E-state index in [1.807, 2.05) is 40.8 Å². The van der Waals surface area contributed by atoms with Crippen LogP contribution < -0.4 is 5.32 Å². The zero-order valence-corrected chi connectivity index (χ0v) is 26.9. The Kier molecular flexibility index (Phi) is 18.5.